The highest BCUT2D eigenvalue weighted by molar-refractivity contribution is 4.94. The van der Waals surface area contributed by atoms with E-state index in [9.17, 15) is 0 Å². The summed E-state index contributed by atoms with van der Waals surface area (Å²) in [7, 11) is 0. The second-order valence-electron chi connectivity index (χ2n) is 4.75. The smallest absolute Gasteiger partial charge is 0.0545 e. The lowest BCUT2D eigenvalue weighted by Crippen LogP contribution is -2.54. The molecule has 1 unspecified atom stereocenters. The Kier molecular flexibility index (Phi) is 2.13. The molecule has 0 bridgehead atoms. The van der Waals surface area contributed by atoms with Gasteiger partial charge in [0.05, 0.1) is 13.2 Å². The fourth-order valence-corrected chi connectivity index (χ4v) is 2.29. The third-order valence-electron chi connectivity index (χ3n) is 3.34. The highest BCUT2D eigenvalue weighted by Crippen LogP contribution is 2.39. The van der Waals surface area contributed by atoms with E-state index in [0.717, 1.165) is 25.2 Å². The third-order valence-corrected chi connectivity index (χ3v) is 3.34. The number of hydrogen-bond acceptors (Lipinski definition) is 2. The first-order valence-corrected chi connectivity index (χ1v) is 5.03. The molecule has 12 heavy (non-hydrogen) atoms. The Bertz CT molecular complexity index is 163. The Hall–Kier alpha value is -0.0800. The Morgan fingerprint density at radius 3 is 2.67 bits per heavy atom. The first kappa shape index (κ1) is 8.52. The van der Waals surface area contributed by atoms with Gasteiger partial charge in [0.15, 0.2) is 0 Å². The molecule has 0 aliphatic carbocycles. The quantitative estimate of drug-likeness (QED) is 0.641. The summed E-state index contributed by atoms with van der Waals surface area (Å²) in [5.41, 5.74) is 0.570. The number of hydrogen-bond donors (Lipinski definition) is 1. The Morgan fingerprint density at radius 2 is 2.17 bits per heavy atom. The molecule has 2 nitrogen and oxygen atoms in total. The molecule has 0 amide bonds. The molecular weight excluding hydrogens is 150 g/mol. The van der Waals surface area contributed by atoms with Gasteiger partial charge < -0.3 is 10.1 Å². The molecule has 2 aliphatic rings. The van der Waals surface area contributed by atoms with Crippen LogP contribution in [0.5, 0.6) is 0 Å². The zero-order chi connectivity index (χ0) is 8.60. The van der Waals surface area contributed by atoms with Crippen molar-refractivity contribution in [2.24, 2.45) is 11.3 Å². The molecule has 1 spiro atoms. The van der Waals surface area contributed by atoms with Gasteiger partial charge in [-0.2, -0.15) is 0 Å². The minimum atomic E-state index is 0.570. The summed E-state index contributed by atoms with van der Waals surface area (Å²) in [5, 5.41) is 3.59. The molecule has 0 aromatic carbocycles. The van der Waals surface area contributed by atoms with Crippen LogP contribution < -0.4 is 5.32 Å². The zero-order valence-electron chi connectivity index (χ0n) is 8.10. The highest BCUT2D eigenvalue weighted by Gasteiger charge is 2.42. The van der Waals surface area contributed by atoms with Crippen molar-refractivity contribution in [3.8, 4) is 0 Å². The van der Waals surface area contributed by atoms with Crippen LogP contribution >= 0.6 is 0 Å². The lowest BCUT2D eigenvalue weighted by molar-refractivity contribution is -0.136. The van der Waals surface area contributed by atoms with Crippen molar-refractivity contribution in [2.45, 2.75) is 32.7 Å². The molecule has 2 fully saturated rings. The van der Waals surface area contributed by atoms with Crippen LogP contribution in [0.4, 0.5) is 0 Å². The first-order chi connectivity index (χ1) is 5.72. The Morgan fingerprint density at radius 1 is 1.42 bits per heavy atom. The van der Waals surface area contributed by atoms with Crippen LogP contribution in [-0.4, -0.2) is 25.8 Å². The molecule has 0 radical (unpaired) electrons. The Balaban J connectivity index is 1.94. The van der Waals surface area contributed by atoms with E-state index in [0.29, 0.717) is 5.41 Å². The zero-order valence-corrected chi connectivity index (χ0v) is 8.10. The average Bonchev–Trinajstić information content (AvgIpc) is 2.02. The molecular formula is C10H19NO. The fraction of sp³-hybridized carbons (Fsp3) is 1.00. The molecule has 2 heteroatoms. The molecule has 0 aromatic rings. The normalized spacial score (nSPS) is 33.8. The minimum absolute atomic E-state index is 0.570. The van der Waals surface area contributed by atoms with Crippen LogP contribution in [0.15, 0.2) is 0 Å². The van der Waals surface area contributed by atoms with Crippen LogP contribution in [0.3, 0.4) is 0 Å². The molecule has 2 aliphatic heterocycles. The van der Waals surface area contributed by atoms with E-state index in [1.807, 2.05) is 0 Å². The number of rotatable bonds is 1. The molecule has 2 saturated heterocycles. The maximum atomic E-state index is 5.32. The number of ether oxygens (including phenoxy) is 1. The van der Waals surface area contributed by atoms with E-state index in [2.05, 4.69) is 19.2 Å². The van der Waals surface area contributed by atoms with Crippen LogP contribution in [0.1, 0.15) is 26.7 Å². The second kappa shape index (κ2) is 3.00. The van der Waals surface area contributed by atoms with Crippen LogP contribution in [0, 0.1) is 11.3 Å². The SMILES string of the molecule is CC(C)C1CC2(CCN1)COC2. The van der Waals surface area contributed by atoms with Gasteiger partial charge in [0, 0.05) is 11.5 Å². The second-order valence-corrected chi connectivity index (χ2v) is 4.75. The van der Waals surface area contributed by atoms with E-state index < -0.39 is 0 Å². The third kappa shape index (κ3) is 1.38. The van der Waals surface area contributed by atoms with Gasteiger partial charge in [-0.1, -0.05) is 13.8 Å². The van der Waals surface area contributed by atoms with Gasteiger partial charge in [-0.15, -0.1) is 0 Å². The predicted molar refractivity (Wildman–Crippen MR) is 49.1 cm³/mol. The summed E-state index contributed by atoms with van der Waals surface area (Å²) < 4.78 is 5.32. The lowest BCUT2D eigenvalue weighted by Gasteiger charge is -2.48. The fourth-order valence-electron chi connectivity index (χ4n) is 2.29. The summed E-state index contributed by atoms with van der Waals surface area (Å²) in [6.45, 7) is 7.81. The molecule has 70 valence electrons. The maximum Gasteiger partial charge on any atom is 0.0545 e. The molecule has 0 aromatic heterocycles. The first-order valence-electron chi connectivity index (χ1n) is 5.03. The lowest BCUT2D eigenvalue weighted by atomic mass is 9.72. The summed E-state index contributed by atoms with van der Waals surface area (Å²) in [6.07, 6.45) is 2.64. The van der Waals surface area contributed by atoms with E-state index >= 15 is 0 Å². The summed E-state index contributed by atoms with van der Waals surface area (Å²) in [6, 6.07) is 0.725. The summed E-state index contributed by atoms with van der Waals surface area (Å²) >= 11 is 0. The molecule has 2 rings (SSSR count). The van der Waals surface area contributed by atoms with Gasteiger partial charge in [0.25, 0.3) is 0 Å². The Labute approximate surface area is 74.7 Å². The van der Waals surface area contributed by atoms with Gasteiger partial charge in [-0.25, -0.2) is 0 Å². The van der Waals surface area contributed by atoms with Gasteiger partial charge >= 0.3 is 0 Å². The minimum Gasteiger partial charge on any atom is -0.380 e. The van der Waals surface area contributed by atoms with E-state index in [-0.39, 0.29) is 0 Å². The average molecular weight is 169 g/mol. The molecule has 0 saturated carbocycles. The summed E-state index contributed by atoms with van der Waals surface area (Å²) in [4.78, 5) is 0. The van der Waals surface area contributed by atoms with Crippen molar-refractivity contribution in [1.82, 2.24) is 5.32 Å². The van der Waals surface area contributed by atoms with Gasteiger partial charge in [-0.3, -0.25) is 0 Å². The molecule has 1 N–H and O–H groups in total. The largest absolute Gasteiger partial charge is 0.380 e. The van der Waals surface area contributed by atoms with Gasteiger partial charge in [-0.05, 0) is 25.3 Å². The van der Waals surface area contributed by atoms with E-state index in [1.165, 1.54) is 19.4 Å². The molecule has 1 atom stereocenters. The van der Waals surface area contributed by atoms with Crippen LogP contribution in [-0.2, 0) is 4.74 Å². The van der Waals surface area contributed by atoms with Crippen molar-refractivity contribution in [3.05, 3.63) is 0 Å². The standard InChI is InChI=1S/C10H19NO/c1-8(2)9-5-10(3-4-11-9)6-12-7-10/h8-9,11H,3-7H2,1-2H3. The van der Waals surface area contributed by atoms with Gasteiger partial charge in [0.1, 0.15) is 0 Å². The number of piperidine rings is 1. The van der Waals surface area contributed by atoms with E-state index in [4.69, 9.17) is 4.74 Å². The van der Waals surface area contributed by atoms with Crippen LogP contribution in [0.2, 0.25) is 0 Å². The topological polar surface area (TPSA) is 21.3 Å². The summed E-state index contributed by atoms with van der Waals surface area (Å²) in [5.74, 6) is 0.766. The maximum absolute atomic E-state index is 5.32. The monoisotopic (exact) mass is 169 g/mol. The van der Waals surface area contributed by atoms with Crippen LogP contribution in [0.25, 0.3) is 0 Å². The van der Waals surface area contributed by atoms with Crippen molar-refractivity contribution in [1.29, 1.82) is 0 Å². The van der Waals surface area contributed by atoms with E-state index in [1.54, 1.807) is 0 Å². The number of nitrogens with one attached hydrogen (secondary N) is 1. The highest BCUT2D eigenvalue weighted by atomic mass is 16.5. The van der Waals surface area contributed by atoms with Crippen molar-refractivity contribution in [2.75, 3.05) is 19.8 Å². The molecule has 2 heterocycles. The van der Waals surface area contributed by atoms with Crippen molar-refractivity contribution < 1.29 is 4.74 Å². The predicted octanol–water partition coefficient (Wildman–Crippen LogP) is 1.41. The van der Waals surface area contributed by atoms with Gasteiger partial charge in [0.2, 0.25) is 0 Å². The van der Waals surface area contributed by atoms with Crippen molar-refractivity contribution >= 4 is 0 Å². The van der Waals surface area contributed by atoms with Crippen molar-refractivity contribution in [3.63, 3.8) is 0 Å².